The Labute approximate surface area is 426 Å². The Bertz CT molecular complexity index is 3380. The van der Waals surface area contributed by atoms with Gasteiger partial charge in [-0.15, -0.1) is 22.7 Å². The molecule has 4 aromatic heterocycles. The zero-order valence-corrected chi connectivity index (χ0v) is 43.4. The van der Waals surface area contributed by atoms with Gasteiger partial charge in [0.2, 0.25) is 20.0 Å². The molecular weight excluding hydrogens is 997 g/mol. The molecule has 378 valence electrons. The monoisotopic (exact) mass is 1050 g/mol. The number of aromatic amines is 1. The first-order valence-corrected chi connectivity index (χ1v) is 29.1. The number of amides is 3. The summed E-state index contributed by atoms with van der Waals surface area (Å²) < 4.78 is 52.5. The van der Waals surface area contributed by atoms with Crippen LogP contribution >= 0.6 is 22.7 Å². The molecule has 5 N–H and O–H groups in total. The molecular formula is C49H56N12O7S4. The van der Waals surface area contributed by atoms with Crippen LogP contribution in [0.4, 0.5) is 11.4 Å². The Morgan fingerprint density at radius 3 is 1.79 bits per heavy atom. The Hall–Kier alpha value is -6.42. The molecule has 8 heterocycles. The number of carbonyl (C=O) groups excluding carboxylic acids is 3. The second-order valence-corrected chi connectivity index (χ2v) is 24.2. The molecule has 0 aliphatic carbocycles. The lowest BCUT2D eigenvalue weighted by molar-refractivity contribution is 0.0924. The number of fused-ring (bicyclic) bond motifs is 2. The van der Waals surface area contributed by atoms with Crippen molar-refractivity contribution in [1.29, 1.82) is 5.26 Å². The van der Waals surface area contributed by atoms with Gasteiger partial charge in [-0.2, -0.15) is 13.9 Å². The molecule has 4 aliphatic rings. The smallest absolute Gasteiger partial charge is 0.280 e. The lowest BCUT2D eigenvalue weighted by Gasteiger charge is -2.35. The second kappa shape index (κ2) is 21.0. The van der Waals surface area contributed by atoms with Gasteiger partial charge in [-0.1, -0.05) is 12.2 Å². The Balaban J connectivity index is 0.000000178. The maximum Gasteiger partial charge on any atom is 0.280 e. The summed E-state index contributed by atoms with van der Waals surface area (Å²) in [5, 5.41) is 22.4. The number of nitriles is 1. The van der Waals surface area contributed by atoms with Crippen LogP contribution < -0.4 is 26.2 Å². The summed E-state index contributed by atoms with van der Waals surface area (Å²) >= 11 is 2.64. The van der Waals surface area contributed by atoms with E-state index in [4.69, 9.17) is 5.73 Å². The molecule has 2 fully saturated rings. The summed E-state index contributed by atoms with van der Waals surface area (Å²) in [5.41, 5.74) is 14.1. The number of nitrogens with two attached hydrogens (primary N) is 1. The van der Waals surface area contributed by atoms with Crippen molar-refractivity contribution in [1.82, 2.24) is 38.8 Å². The fourth-order valence-electron chi connectivity index (χ4n) is 10.2. The molecule has 2 atom stereocenters. The van der Waals surface area contributed by atoms with E-state index in [-0.39, 0.29) is 23.9 Å². The lowest BCUT2D eigenvalue weighted by Crippen LogP contribution is -2.47. The first-order valence-electron chi connectivity index (χ1n) is 23.6. The number of thiazole rings is 2. The number of anilines is 2. The summed E-state index contributed by atoms with van der Waals surface area (Å²) in [6.07, 6.45) is 14.4. The van der Waals surface area contributed by atoms with Crippen LogP contribution in [0.3, 0.4) is 0 Å². The highest BCUT2D eigenvalue weighted by molar-refractivity contribution is 7.88. The number of sulfonamides is 2. The van der Waals surface area contributed by atoms with E-state index in [9.17, 15) is 36.5 Å². The zero-order chi connectivity index (χ0) is 50.9. The topological polar surface area (TPSA) is 253 Å². The van der Waals surface area contributed by atoms with Gasteiger partial charge in [0.1, 0.15) is 6.07 Å². The molecule has 0 bridgehead atoms. The number of benzene rings is 2. The molecule has 0 radical (unpaired) electrons. The van der Waals surface area contributed by atoms with Gasteiger partial charge < -0.3 is 35.7 Å². The zero-order valence-electron chi connectivity index (χ0n) is 40.1. The maximum atomic E-state index is 12.6. The highest BCUT2D eigenvalue weighted by atomic mass is 32.2. The van der Waals surface area contributed by atoms with Crippen LogP contribution in [-0.4, -0.2) is 140 Å². The van der Waals surface area contributed by atoms with E-state index in [1.807, 2.05) is 48.0 Å². The number of aryl methyl sites for hydroxylation is 1. The number of nitrogens with one attached hydrogen (secondary N) is 3. The van der Waals surface area contributed by atoms with Crippen molar-refractivity contribution in [2.75, 3.05) is 74.7 Å². The summed E-state index contributed by atoms with van der Waals surface area (Å²) in [6, 6.07) is 13.9. The van der Waals surface area contributed by atoms with Crippen LogP contribution in [-0.2, 0) is 27.1 Å². The van der Waals surface area contributed by atoms with Gasteiger partial charge in [0.05, 0.1) is 34.7 Å². The fraction of sp³-hybridized carbons (Fsp3) is 0.388. The predicted molar refractivity (Wildman–Crippen MR) is 282 cm³/mol. The molecule has 2 saturated heterocycles. The fourth-order valence-corrected chi connectivity index (χ4v) is 12.8. The van der Waals surface area contributed by atoms with Crippen LogP contribution in [0, 0.1) is 11.3 Å². The number of primary amides is 1. The maximum absolute atomic E-state index is 12.6. The third kappa shape index (κ3) is 10.8. The summed E-state index contributed by atoms with van der Waals surface area (Å²) in [6.45, 7) is 4.50. The minimum atomic E-state index is -3.25. The predicted octanol–water partition coefficient (Wildman–Crippen LogP) is 5.12. The lowest BCUT2D eigenvalue weighted by atomic mass is 10.0. The standard InChI is InChI=1S/C25H28N6O3S2.C24H28N6O4S2/c1-29-22(17-7-11-31(12-8-17)36(2,33)34)14-20-21(6-5-18(15-26)23(20)29)30-10-3-4-19(16-30)28-24(32)25-27-9-13-35-25;1-36(33,34)30-10-6-15(7-11-30)19-13-18-20(5-4-17(22(25)31)21(18)28-19)29-9-2-3-16(14-29)27-23(32)24-26-8-12-35-24/h5-7,9,13-14,19H,3-4,8,10-12,16H2,1-2H3,(H,28,32);4-6,8,12-13,16,28H,2-3,7,9-11,14H2,1H3,(H2,25,31)(H,27,32)/t19-;16-/m11/s1. The van der Waals surface area contributed by atoms with Crippen molar-refractivity contribution in [3.63, 3.8) is 0 Å². The van der Waals surface area contributed by atoms with Gasteiger partial charge in [0, 0.05) is 128 Å². The van der Waals surface area contributed by atoms with E-state index in [0.29, 0.717) is 78.8 Å². The first-order chi connectivity index (χ1) is 34.5. The Morgan fingerprint density at radius 1 is 0.764 bits per heavy atom. The van der Waals surface area contributed by atoms with Crippen molar-refractivity contribution in [3.05, 3.63) is 104 Å². The van der Waals surface area contributed by atoms with Gasteiger partial charge in [-0.25, -0.2) is 26.8 Å². The normalized spacial score (nSPS) is 19.2. The van der Waals surface area contributed by atoms with E-state index >= 15 is 0 Å². The van der Waals surface area contributed by atoms with Gasteiger partial charge in [-0.05, 0) is 86.1 Å². The molecule has 0 unspecified atom stereocenters. The first kappa shape index (κ1) is 50.5. The average Bonchev–Trinajstić information content (AvgIpc) is 4.22. The van der Waals surface area contributed by atoms with Crippen molar-refractivity contribution in [2.24, 2.45) is 12.8 Å². The molecule has 10 rings (SSSR count). The Kier molecular flexibility index (Phi) is 14.7. The minimum Gasteiger partial charge on any atom is -0.369 e. The van der Waals surface area contributed by atoms with Gasteiger partial charge in [-0.3, -0.25) is 14.4 Å². The third-order valence-electron chi connectivity index (χ3n) is 13.7. The van der Waals surface area contributed by atoms with Crippen molar-refractivity contribution in [3.8, 4) is 6.07 Å². The van der Waals surface area contributed by atoms with Gasteiger partial charge in [0.25, 0.3) is 17.7 Å². The second-order valence-electron chi connectivity index (χ2n) is 18.5. The number of piperidine rings is 2. The molecule has 3 amide bonds. The molecule has 0 spiro atoms. The van der Waals surface area contributed by atoms with Crippen molar-refractivity contribution in [2.45, 2.75) is 50.6 Å². The molecule has 19 nitrogen and oxygen atoms in total. The van der Waals surface area contributed by atoms with Crippen LogP contribution in [0.25, 0.3) is 33.0 Å². The highest BCUT2D eigenvalue weighted by Crippen LogP contribution is 2.38. The molecule has 4 aliphatic heterocycles. The number of hydrogen-bond donors (Lipinski definition) is 4. The van der Waals surface area contributed by atoms with E-state index in [1.165, 1.54) is 43.8 Å². The largest absolute Gasteiger partial charge is 0.369 e. The summed E-state index contributed by atoms with van der Waals surface area (Å²) in [4.78, 5) is 53.3. The molecule has 72 heavy (non-hydrogen) atoms. The highest BCUT2D eigenvalue weighted by Gasteiger charge is 2.29. The van der Waals surface area contributed by atoms with Crippen LogP contribution in [0.15, 0.2) is 71.7 Å². The molecule has 0 saturated carbocycles. The van der Waals surface area contributed by atoms with Crippen LogP contribution in [0.1, 0.15) is 85.4 Å². The van der Waals surface area contributed by atoms with Crippen molar-refractivity contribution >= 4 is 105 Å². The van der Waals surface area contributed by atoms with Gasteiger partial charge in [0.15, 0.2) is 10.0 Å². The quantitative estimate of drug-likeness (QED) is 0.132. The number of nitrogens with zero attached hydrogens (tertiary/aromatic N) is 8. The van der Waals surface area contributed by atoms with Crippen LogP contribution in [0.5, 0.6) is 0 Å². The summed E-state index contributed by atoms with van der Waals surface area (Å²) in [5.74, 6) is -0.827. The van der Waals surface area contributed by atoms with Crippen molar-refractivity contribution < 1.29 is 31.2 Å². The Morgan fingerprint density at radius 2 is 1.31 bits per heavy atom. The minimum absolute atomic E-state index is 0.00653. The van der Waals surface area contributed by atoms with E-state index in [2.05, 4.69) is 47.5 Å². The number of H-pyrrole nitrogens is 1. The molecule has 2 aromatic carbocycles. The number of carbonyl (C=O) groups is 3. The van der Waals surface area contributed by atoms with E-state index < -0.39 is 26.0 Å². The van der Waals surface area contributed by atoms with E-state index in [0.717, 1.165) is 89.0 Å². The number of aromatic nitrogens is 4. The number of hydrogen-bond acceptors (Lipinski definition) is 14. The van der Waals surface area contributed by atoms with E-state index in [1.54, 1.807) is 29.2 Å². The number of rotatable bonds is 11. The summed E-state index contributed by atoms with van der Waals surface area (Å²) in [7, 11) is -4.52. The van der Waals surface area contributed by atoms with Gasteiger partial charge >= 0.3 is 0 Å². The third-order valence-corrected chi connectivity index (χ3v) is 17.8. The average molecular weight is 1050 g/mol. The molecule has 6 aromatic rings. The SMILES string of the molecule is CS(=O)(=O)N1CC=C(c2cc3c(N4CCC[C@@H](NC(=O)c5nccs5)C4)ccc(C(N)=O)c3[nH]2)CC1.Cn1c(C2=CCN(S(C)(=O)=O)CC2)cc2c(N3CCC[C@@H](NC(=O)c4nccs4)C3)ccc(C#N)c21. The molecule has 23 heteroatoms. The van der Waals surface area contributed by atoms with Crippen LogP contribution in [0.2, 0.25) is 0 Å².